The Bertz CT molecular complexity index is 645. The summed E-state index contributed by atoms with van der Waals surface area (Å²) in [7, 11) is 0. The van der Waals surface area contributed by atoms with Crippen molar-refractivity contribution in [3.05, 3.63) is 27.7 Å². The van der Waals surface area contributed by atoms with E-state index in [4.69, 9.17) is 28.6 Å². The van der Waals surface area contributed by atoms with Gasteiger partial charge in [-0.25, -0.2) is 4.39 Å². The van der Waals surface area contributed by atoms with E-state index in [0.29, 0.717) is 10.7 Å². The molecule has 1 aromatic carbocycles. The Labute approximate surface area is 114 Å². The summed E-state index contributed by atoms with van der Waals surface area (Å²) in [5, 5.41) is 0.107. The van der Waals surface area contributed by atoms with Crippen molar-refractivity contribution in [2.75, 3.05) is 13.2 Å². The second-order valence-corrected chi connectivity index (χ2v) is 5.35. The smallest absolute Gasteiger partial charge is 0.178 e. The molecule has 0 bridgehead atoms. The molecule has 3 rings (SSSR count). The van der Waals surface area contributed by atoms with Crippen LogP contribution in [0.2, 0.25) is 5.02 Å². The van der Waals surface area contributed by atoms with Crippen LogP contribution in [0.3, 0.4) is 0 Å². The minimum absolute atomic E-state index is 0.107. The van der Waals surface area contributed by atoms with E-state index >= 15 is 0 Å². The second kappa shape index (κ2) is 4.64. The number of nitrogens with one attached hydrogen (secondary N) is 1. The van der Waals surface area contributed by atoms with Crippen LogP contribution in [0.1, 0.15) is 6.42 Å². The fraction of sp³-hybridized carbons (Fsp3) is 0.417. The number of hydrogen-bond acceptors (Lipinski definition) is 2. The maximum Gasteiger partial charge on any atom is 0.178 e. The SMILES string of the molecule is Fc1cc2c(cc1Cl)[nH]c(=S)n2CC1CCOC1. The summed E-state index contributed by atoms with van der Waals surface area (Å²) in [6.07, 6.45) is 1.02. The highest BCUT2D eigenvalue weighted by molar-refractivity contribution is 7.71. The first-order valence-electron chi connectivity index (χ1n) is 5.80. The third kappa shape index (κ3) is 2.06. The molecule has 1 N–H and O–H groups in total. The first-order valence-corrected chi connectivity index (χ1v) is 6.59. The fourth-order valence-electron chi connectivity index (χ4n) is 2.32. The molecule has 1 aromatic heterocycles. The molecular formula is C12H12ClFN2OS. The van der Waals surface area contributed by atoms with E-state index in [1.54, 1.807) is 6.07 Å². The van der Waals surface area contributed by atoms with Gasteiger partial charge in [0.2, 0.25) is 0 Å². The summed E-state index contributed by atoms with van der Waals surface area (Å²) < 4.78 is 21.4. The zero-order valence-corrected chi connectivity index (χ0v) is 11.2. The molecule has 0 radical (unpaired) electrons. The Morgan fingerprint density at radius 1 is 1.56 bits per heavy atom. The fourth-order valence-corrected chi connectivity index (χ4v) is 2.77. The van der Waals surface area contributed by atoms with Crippen molar-refractivity contribution in [2.24, 2.45) is 5.92 Å². The van der Waals surface area contributed by atoms with Crippen molar-refractivity contribution in [1.29, 1.82) is 0 Å². The van der Waals surface area contributed by atoms with Gasteiger partial charge in [-0.15, -0.1) is 0 Å². The number of hydrogen-bond donors (Lipinski definition) is 1. The maximum atomic E-state index is 13.5. The molecule has 1 fully saturated rings. The largest absolute Gasteiger partial charge is 0.381 e. The molecular weight excluding hydrogens is 275 g/mol. The van der Waals surface area contributed by atoms with Crippen molar-refractivity contribution < 1.29 is 9.13 Å². The lowest BCUT2D eigenvalue weighted by atomic mass is 10.1. The molecule has 96 valence electrons. The van der Waals surface area contributed by atoms with E-state index in [2.05, 4.69) is 4.98 Å². The van der Waals surface area contributed by atoms with Gasteiger partial charge < -0.3 is 14.3 Å². The summed E-state index contributed by atoms with van der Waals surface area (Å²) in [5.74, 6) is 0.0176. The molecule has 0 spiro atoms. The van der Waals surface area contributed by atoms with Gasteiger partial charge in [0.15, 0.2) is 4.77 Å². The zero-order valence-electron chi connectivity index (χ0n) is 9.58. The summed E-state index contributed by atoms with van der Waals surface area (Å²) >= 11 is 11.0. The number of H-pyrrole nitrogens is 1. The molecule has 1 unspecified atom stereocenters. The number of aromatic amines is 1. The highest BCUT2D eigenvalue weighted by atomic mass is 35.5. The van der Waals surface area contributed by atoms with Crippen LogP contribution in [-0.2, 0) is 11.3 Å². The molecule has 6 heteroatoms. The van der Waals surface area contributed by atoms with Crippen LogP contribution >= 0.6 is 23.8 Å². The Morgan fingerprint density at radius 2 is 2.39 bits per heavy atom. The third-order valence-electron chi connectivity index (χ3n) is 3.28. The standard InChI is InChI=1S/C12H12ClFN2OS/c13-8-3-10-11(4-9(8)14)16(12(18)15-10)5-7-1-2-17-6-7/h3-4,7H,1-2,5-6H2,(H,15,18). The van der Waals surface area contributed by atoms with E-state index in [1.165, 1.54) is 6.07 Å². The van der Waals surface area contributed by atoms with E-state index < -0.39 is 5.82 Å². The van der Waals surface area contributed by atoms with E-state index in [1.807, 2.05) is 4.57 Å². The molecule has 0 amide bonds. The Balaban J connectivity index is 2.07. The molecule has 1 saturated heterocycles. The van der Waals surface area contributed by atoms with Crippen molar-refractivity contribution >= 4 is 34.9 Å². The molecule has 0 aliphatic carbocycles. The van der Waals surface area contributed by atoms with Gasteiger partial charge in [-0.2, -0.15) is 0 Å². The van der Waals surface area contributed by atoms with Gasteiger partial charge in [0.25, 0.3) is 0 Å². The van der Waals surface area contributed by atoms with Gasteiger partial charge in [-0.1, -0.05) is 11.6 Å². The lowest BCUT2D eigenvalue weighted by Gasteiger charge is -2.09. The number of halogens is 2. The van der Waals surface area contributed by atoms with E-state index in [9.17, 15) is 4.39 Å². The molecule has 1 aliphatic heterocycles. The summed E-state index contributed by atoms with van der Waals surface area (Å²) in [4.78, 5) is 3.05. The quantitative estimate of drug-likeness (QED) is 0.856. The van der Waals surface area contributed by atoms with Crippen molar-refractivity contribution in [1.82, 2.24) is 9.55 Å². The lowest BCUT2D eigenvalue weighted by Crippen LogP contribution is -2.10. The predicted molar refractivity (Wildman–Crippen MR) is 71.0 cm³/mol. The number of nitrogens with zero attached hydrogens (tertiary/aromatic N) is 1. The highest BCUT2D eigenvalue weighted by Gasteiger charge is 2.18. The van der Waals surface area contributed by atoms with Crippen LogP contribution in [0, 0.1) is 16.5 Å². The van der Waals surface area contributed by atoms with Crippen LogP contribution < -0.4 is 0 Å². The Hall–Kier alpha value is -0.910. The van der Waals surface area contributed by atoms with Gasteiger partial charge in [0.1, 0.15) is 5.82 Å². The predicted octanol–water partition coefficient (Wildman–Crippen LogP) is 3.53. The summed E-state index contributed by atoms with van der Waals surface area (Å²) in [6, 6.07) is 3.00. The lowest BCUT2D eigenvalue weighted by molar-refractivity contribution is 0.182. The monoisotopic (exact) mass is 286 g/mol. The zero-order chi connectivity index (χ0) is 12.7. The minimum atomic E-state index is -0.422. The average Bonchev–Trinajstić information content (AvgIpc) is 2.92. The molecule has 1 atom stereocenters. The number of fused-ring (bicyclic) bond motifs is 1. The number of ether oxygens (including phenoxy) is 1. The Morgan fingerprint density at radius 3 is 3.11 bits per heavy atom. The first kappa shape index (κ1) is 12.1. The molecule has 18 heavy (non-hydrogen) atoms. The van der Waals surface area contributed by atoms with Gasteiger partial charge in [-0.3, -0.25) is 0 Å². The van der Waals surface area contributed by atoms with Gasteiger partial charge in [-0.05, 0) is 24.7 Å². The van der Waals surface area contributed by atoms with Crippen LogP contribution in [0.5, 0.6) is 0 Å². The van der Waals surface area contributed by atoms with Crippen molar-refractivity contribution in [2.45, 2.75) is 13.0 Å². The molecule has 2 heterocycles. The average molecular weight is 287 g/mol. The van der Waals surface area contributed by atoms with Crippen LogP contribution in [-0.4, -0.2) is 22.8 Å². The van der Waals surface area contributed by atoms with Crippen molar-refractivity contribution in [3.8, 4) is 0 Å². The number of benzene rings is 1. The van der Waals surface area contributed by atoms with Crippen LogP contribution in [0.4, 0.5) is 4.39 Å². The second-order valence-electron chi connectivity index (χ2n) is 4.55. The number of rotatable bonds is 2. The minimum Gasteiger partial charge on any atom is -0.381 e. The summed E-state index contributed by atoms with van der Waals surface area (Å²) in [6.45, 7) is 2.28. The topological polar surface area (TPSA) is 29.9 Å². The molecule has 1 aliphatic rings. The molecule has 0 saturated carbocycles. The summed E-state index contributed by atoms with van der Waals surface area (Å²) in [5.41, 5.74) is 1.53. The number of aromatic nitrogens is 2. The molecule has 3 nitrogen and oxygen atoms in total. The Kier molecular flexibility index (Phi) is 3.13. The van der Waals surface area contributed by atoms with Gasteiger partial charge in [0.05, 0.1) is 22.7 Å². The van der Waals surface area contributed by atoms with Crippen LogP contribution in [0.25, 0.3) is 11.0 Å². The molecule has 2 aromatic rings. The number of imidazole rings is 1. The van der Waals surface area contributed by atoms with Crippen LogP contribution in [0.15, 0.2) is 12.1 Å². The van der Waals surface area contributed by atoms with Crippen molar-refractivity contribution in [3.63, 3.8) is 0 Å². The van der Waals surface area contributed by atoms with E-state index in [-0.39, 0.29) is 5.02 Å². The normalized spacial score (nSPS) is 19.8. The van der Waals surface area contributed by atoms with Gasteiger partial charge >= 0.3 is 0 Å². The van der Waals surface area contributed by atoms with E-state index in [0.717, 1.165) is 37.2 Å². The van der Waals surface area contributed by atoms with Gasteiger partial charge in [0, 0.05) is 25.1 Å². The maximum absolute atomic E-state index is 13.5. The highest BCUT2D eigenvalue weighted by Crippen LogP contribution is 2.24. The first-order chi connectivity index (χ1) is 8.65. The third-order valence-corrected chi connectivity index (χ3v) is 3.89.